The average molecular weight is 288 g/mol. The first-order valence-corrected chi connectivity index (χ1v) is 6.54. The molecule has 0 aromatic carbocycles. The smallest absolute Gasteiger partial charge is 0.167 e. The van der Waals surface area contributed by atoms with Gasteiger partial charge in [-0.05, 0) is 37.0 Å². The molecule has 1 aromatic heterocycles. The molecule has 1 N–H and O–H groups in total. The Bertz CT molecular complexity index is 641. The average Bonchev–Trinajstić information content (AvgIpc) is 2.85. The van der Waals surface area contributed by atoms with Crippen molar-refractivity contribution in [2.75, 3.05) is 13.7 Å². The summed E-state index contributed by atoms with van der Waals surface area (Å²) in [5.41, 5.74) is 0.246. The van der Waals surface area contributed by atoms with Gasteiger partial charge in [0.15, 0.2) is 5.76 Å². The zero-order chi connectivity index (χ0) is 15.1. The first kappa shape index (κ1) is 15.1. The molecule has 0 spiro atoms. The summed E-state index contributed by atoms with van der Waals surface area (Å²) in [7, 11) is 1.64. The highest BCUT2D eigenvalue weighted by atomic mass is 19.1. The second-order valence-electron chi connectivity index (χ2n) is 4.88. The molecular weight excluding hydrogens is 271 g/mol. The Morgan fingerprint density at radius 3 is 3.14 bits per heavy atom. The zero-order valence-electron chi connectivity index (χ0n) is 12.0. The van der Waals surface area contributed by atoms with E-state index in [-0.39, 0.29) is 5.60 Å². The Labute approximate surface area is 123 Å². The van der Waals surface area contributed by atoms with Gasteiger partial charge in [0.05, 0.1) is 24.8 Å². The molecule has 1 aliphatic heterocycles. The first-order valence-electron chi connectivity index (χ1n) is 6.54. The van der Waals surface area contributed by atoms with Gasteiger partial charge < -0.3 is 14.5 Å². The number of hydrogen-bond donors (Lipinski definition) is 1. The van der Waals surface area contributed by atoms with Crippen molar-refractivity contribution in [2.45, 2.75) is 18.9 Å². The van der Waals surface area contributed by atoms with E-state index in [0.717, 1.165) is 12.6 Å². The lowest BCUT2D eigenvalue weighted by Crippen LogP contribution is -2.29. The van der Waals surface area contributed by atoms with Crippen LogP contribution in [0.2, 0.25) is 0 Å². The minimum Gasteiger partial charge on any atom is -0.477 e. The molecule has 0 saturated heterocycles. The predicted octanol–water partition coefficient (Wildman–Crippen LogP) is 2.73. The van der Waals surface area contributed by atoms with Crippen LogP contribution in [0, 0.1) is 17.7 Å². The number of aromatic amines is 1. The van der Waals surface area contributed by atoms with Crippen molar-refractivity contribution in [1.82, 2.24) is 9.97 Å². The van der Waals surface area contributed by atoms with Crippen LogP contribution in [0.1, 0.15) is 19.0 Å². The van der Waals surface area contributed by atoms with Gasteiger partial charge in [-0.3, -0.25) is 0 Å². The van der Waals surface area contributed by atoms with Crippen LogP contribution in [-0.4, -0.2) is 29.3 Å². The topological polar surface area (TPSA) is 47.1 Å². The largest absolute Gasteiger partial charge is 0.477 e. The van der Waals surface area contributed by atoms with Crippen molar-refractivity contribution in [1.29, 1.82) is 0 Å². The van der Waals surface area contributed by atoms with E-state index < -0.39 is 5.82 Å². The highest BCUT2D eigenvalue weighted by Crippen LogP contribution is 2.27. The molecule has 0 amide bonds. The van der Waals surface area contributed by atoms with Gasteiger partial charge >= 0.3 is 0 Å². The number of allylic oxidation sites excluding steroid dienone is 1. The van der Waals surface area contributed by atoms with Gasteiger partial charge in [-0.15, -0.1) is 0 Å². The maximum absolute atomic E-state index is 13.0. The number of H-pyrrole nitrogens is 1. The molecule has 0 radical (unpaired) electrons. The number of aromatic nitrogens is 2. The minimum absolute atomic E-state index is 0.354. The van der Waals surface area contributed by atoms with Crippen LogP contribution in [0.4, 0.5) is 4.39 Å². The molecule has 0 aliphatic carbocycles. The Morgan fingerprint density at radius 1 is 1.48 bits per heavy atom. The number of halogens is 1. The molecule has 2 rings (SSSR count). The van der Waals surface area contributed by atoms with Crippen LogP contribution in [0.3, 0.4) is 0 Å². The van der Waals surface area contributed by atoms with Gasteiger partial charge in [-0.2, -0.15) is 0 Å². The lowest BCUT2D eigenvalue weighted by Gasteiger charge is -2.22. The molecule has 1 aromatic rings. The third-order valence-electron chi connectivity index (χ3n) is 2.86. The fraction of sp³-hybridized carbons (Fsp3) is 0.312. The van der Waals surface area contributed by atoms with E-state index in [2.05, 4.69) is 21.8 Å². The lowest BCUT2D eigenvalue weighted by molar-refractivity contribution is -0.0185. The highest BCUT2D eigenvalue weighted by Gasteiger charge is 2.30. The van der Waals surface area contributed by atoms with Crippen LogP contribution >= 0.6 is 0 Å². The van der Waals surface area contributed by atoms with Crippen LogP contribution in [0.15, 0.2) is 42.6 Å². The van der Waals surface area contributed by atoms with Gasteiger partial charge in [0, 0.05) is 13.5 Å². The zero-order valence-corrected chi connectivity index (χ0v) is 12.0. The molecule has 1 aliphatic rings. The lowest BCUT2D eigenvalue weighted by atomic mass is 10.1. The molecule has 0 fully saturated rings. The Balaban J connectivity index is 2.14. The molecule has 0 saturated carbocycles. The predicted molar refractivity (Wildman–Crippen MR) is 77.1 cm³/mol. The van der Waals surface area contributed by atoms with Crippen molar-refractivity contribution in [3.8, 4) is 11.8 Å². The molecule has 21 heavy (non-hydrogen) atoms. The van der Waals surface area contributed by atoms with Crippen molar-refractivity contribution in [2.24, 2.45) is 0 Å². The SMILES string of the molecule is COCC1(C)CC=C(C#Cc2cccc(F)cnc[nH]2)O1. The van der Waals surface area contributed by atoms with Gasteiger partial charge in [0.2, 0.25) is 0 Å². The second-order valence-corrected chi connectivity index (χ2v) is 4.88. The van der Waals surface area contributed by atoms with Crippen LogP contribution in [-0.2, 0) is 9.47 Å². The summed E-state index contributed by atoms with van der Waals surface area (Å²) in [6.07, 6.45) is 5.19. The van der Waals surface area contributed by atoms with E-state index in [1.807, 2.05) is 13.0 Å². The summed E-state index contributed by atoms with van der Waals surface area (Å²) in [6.45, 7) is 2.49. The number of nitrogens with one attached hydrogen (secondary N) is 1. The molecule has 1 unspecified atom stereocenters. The summed E-state index contributed by atoms with van der Waals surface area (Å²) in [6, 6.07) is 4.55. The van der Waals surface area contributed by atoms with E-state index >= 15 is 0 Å². The maximum atomic E-state index is 13.0. The minimum atomic E-state index is -0.421. The van der Waals surface area contributed by atoms with E-state index in [0.29, 0.717) is 18.1 Å². The standard InChI is InChI=1S/C16H17FN2O2/c1-16(11-20-2)9-8-15(21-16)7-6-14-5-3-4-13(17)10-18-12-19-14/h3-5,8,10,12H,9,11H2,1-2H3,(H,18,19). The van der Waals surface area contributed by atoms with Crippen molar-refractivity contribution in [3.05, 3.63) is 54.1 Å². The Morgan fingerprint density at radius 2 is 2.33 bits per heavy atom. The molecule has 4 nitrogen and oxygen atoms in total. The summed E-state index contributed by atoms with van der Waals surface area (Å²) in [5.74, 6) is 6.07. The molecule has 2 heterocycles. The van der Waals surface area contributed by atoms with E-state index in [4.69, 9.17) is 9.47 Å². The van der Waals surface area contributed by atoms with Gasteiger partial charge in [-0.1, -0.05) is 6.07 Å². The summed E-state index contributed by atoms with van der Waals surface area (Å²) in [5, 5.41) is 0. The molecular formula is C16H17FN2O2. The normalized spacial score (nSPS) is 19.9. The maximum Gasteiger partial charge on any atom is 0.167 e. The van der Waals surface area contributed by atoms with Crippen molar-refractivity contribution < 1.29 is 13.9 Å². The van der Waals surface area contributed by atoms with Crippen LogP contribution in [0.5, 0.6) is 0 Å². The number of hydrogen-bond acceptors (Lipinski definition) is 3. The molecule has 0 bridgehead atoms. The van der Waals surface area contributed by atoms with E-state index in [1.165, 1.54) is 12.4 Å². The Hall–Kier alpha value is -2.32. The highest BCUT2D eigenvalue weighted by molar-refractivity contribution is 5.35. The van der Waals surface area contributed by atoms with Crippen LogP contribution < -0.4 is 0 Å². The van der Waals surface area contributed by atoms with E-state index in [1.54, 1.807) is 19.2 Å². The number of nitrogens with zero attached hydrogens (tertiary/aromatic N) is 1. The number of rotatable bonds is 2. The fourth-order valence-corrected chi connectivity index (χ4v) is 1.88. The summed E-state index contributed by atoms with van der Waals surface area (Å²) < 4.78 is 23.9. The third kappa shape index (κ3) is 4.62. The summed E-state index contributed by atoms with van der Waals surface area (Å²) >= 11 is 0. The van der Waals surface area contributed by atoms with E-state index in [9.17, 15) is 4.39 Å². The van der Waals surface area contributed by atoms with Crippen LogP contribution in [0.25, 0.3) is 0 Å². The first-order chi connectivity index (χ1) is 10.1. The number of ether oxygens (including phenoxy) is 2. The van der Waals surface area contributed by atoms with Gasteiger partial charge in [-0.25, -0.2) is 9.37 Å². The third-order valence-corrected chi connectivity index (χ3v) is 2.86. The quantitative estimate of drug-likeness (QED) is 0.851. The second kappa shape index (κ2) is 6.91. The van der Waals surface area contributed by atoms with Gasteiger partial charge in [0.25, 0.3) is 0 Å². The van der Waals surface area contributed by atoms with Gasteiger partial charge in [0.1, 0.15) is 11.4 Å². The Kier molecular flexibility index (Phi) is 4.96. The molecule has 5 heteroatoms. The van der Waals surface area contributed by atoms with Crippen molar-refractivity contribution in [3.63, 3.8) is 0 Å². The molecule has 1 atom stereocenters. The summed E-state index contributed by atoms with van der Waals surface area (Å²) in [4.78, 5) is 6.63. The van der Waals surface area contributed by atoms with Crippen molar-refractivity contribution >= 4 is 0 Å². The fourth-order valence-electron chi connectivity index (χ4n) is 1.88. The number of methoxy groups -OCH3 is 1. The monoisotopic (exact) mass is 288 g/mol. The molecule has 110 valence electrons.